The number of carbonyl (C=O) groups excluding carboxylic acids is 1. The SMILES string of the molecule is CCN(CC)C(=O)c1cc(S(=O)(=O)N2CCCCC2)ccc1Cl. The molecule has 0 unspecified atom stereocenters. The summed E-state index contributed by atoms with van der Waals surface area (Å²) in [5.74, 6) is -0.240. The van der Waals surface area contributed by atoms with Crippen molar-refractivity contribution in [2.45, 2.75) is 38.0 Å². The van der Waals surface area contributed by atoms with Gasteiger partial charge in [-0.15, -0.1) is 0 Å². The molecule has 1 saturated heterocycles. The summed E-state index contributed by atoms with van der Waals surface area (Å²) < 4.78 is 27.0. The maximum atomic E-state index is 12.7. The molecule has 0 radical (unpaired) electrons. The number of piperidine rings is 1. The summed E-state index contributed by atoms with van der Waals surface area (Å²) in [4.78, 5) is 14.3. The van der Waals surface area contributed by atoms with E-state index >= 15 is 0 Å². The lowest BCUT2D eigenvalue weighted by molar-refractivity contribution is 0.0773. The lowest BCUT2D eigenvalue weighted by Crippen LogP contribution is -2.36. The van der Waals surface area contributed by atoms with Crippen molar-refractivity contribution < 1.29 is 13.2 Å². The highest BCUT2D eigenvalue weighted by Gasteiger charge is 2.27. The van der Waals surface area contributed by atoms with Gasteiger partial charge < -0.3 is 4.90 Å². The van der Waals surface area contributed by atoms with E-state index in [4.69, 9.17) is 11.6 Å². The Morgan fingerprint density at radius 2 is 1.78 bits per heavy atom. The van der Waals surface area contributed by atoms with E-state index in [1.807, 2.05) is 13.8 Å². The van der Waals surface area contributed by atoms with Crippen LogP contribution in [-0.2, 0) is 10.0 Å². The molecule has 1 heterocycles. The molecule has 1 aliphatic rings. The molecule has 23 heavy (non-hydrogen) atoms. The molecule has 1 fully saturated rings. The summed E-state index contributed by atoms with van der Waals surface area (Å²) in [6, 6.07) is 4.38. The molecule has 1 aromatic rings. The van der Waals surface area contributed by atoms with Gasteiger partial charge in [-0.2, -0.15) is 4.31 Å². The quantitative estimate of drug-likeness (QED) is 0.813. The number of hydrogen-bond acceptors (Lipinski definition) is 3. The van der Waals surface area contributed by atoms with Gasteiger partial charge in [-0.1, -0.05) is 18.0 Å². The average Bonchev–Trinajstić information content (AvgIpc) is 2.57. The van der Waals surface area contributed by atoms with Crippen LogP contribution in [0.5, 0.6) is 0 Å². The van der Waals surface area contributed by atoms with Gasteiger partial charge >= 0.3 is 0 Å². The Bertz CT molecular complexity index is 666. The van der Waals surface area contributed by atoms with Crippen molar-refractivity contribution in [3.8, 4) is 0 Å². The largest absolute Gasteiger partial charge is 0.339 e. The minimum atomic E-state index is -3.57. The average molecular weight is 359 g/mol. The second-order valence-corrected chi connectivity index (χ2v) is 7.93. The summed E-state index contributed by atoms with van der Waals surface area (Å²) >= 11 is 6.13. The monoisotopic (exact) mass is 358 g/mol. The Morgan fingerprint density at radius 1 is 1.17 bits per heavy atom. The van der Waals surface area contributed by atoms with Crippen LogP contribution < -0.4 is 0 Å². The van der Waals surface area contributed by atoms with Crippen LogP contribution in [0.15, 0.2) is 23.1 Å². The highest BCUT2D eigenvalue weighted by atomic mass is 35.5. The predicted molar refractivity (Wildman–Crippen MR) is 91.3 cm³/mol. The lowest BCUT2D eigenvalue weighted by Gasteiger charge is -2.26. The minimum absolute atomic E-state index is 0.138. The van der Waals surface area contributed by atoms with E-state index in [0.29, 0.717) is 26.2 Å². The van der Waals surface area contributed by atoms with Crippen molar-refractivity contribution in [1.82, 2.24) is 9.21 Å². The summed E-state index contributed by atoms with van der Waals surface area (Å²) in [5, 5.41) is 0.277. The zero-order chi connectivity index (χ0) is 17.0. The zero-order valence-corrected chi connectivity index (χ0v) is 15.2. The van der Waals surface area contributed by atoms with Crippen molar-refractivity contribution in [2.24, 2.45) is 0 Å². The molecule has 0 atom stereocenters. The number of amides is 1. The fourth-order valence-electron chi connectivity index (χ4n) is 2.76. The van der Waals surface area contributed by atoms with Gasteiger partial charge in [0, 0.05) is 26.2 Å². The molecule has 0 saturated carbocycles. The van der Waals surface area contributed by atoms with E-state index in [1.54, 1.807) is 4.90 Å². The number of nitrogens with zero attached hydrogens (tertiary/aromatic N) is 2. The number of hydrogen-bond donors (Lipinski definition) is 0. The number of halogens is 1. The molecule has 1 amide bonds. The highest BCUT2D eigenvalue weighted by molar-refractivity contribution is 7.89. The molecule has 0 aliphatic carbocycles. The third kappa shape index (κ3) is 3.87. The van der Waals surface area contributed by atoms with E-state index in [0.717, 1.165) is 19.3 Å². The Hall–Kier alpha value is -1.11. The molecule has 1 aliphatic heterocycles. The maximum absolute atomic E-state index is 12.7. The Balaban J connectivity index is 2.38. The van der Waals surface area contributed by atoms with Crippen LogP contribution in [0.3, 0.4) is 0 Å². The highest BCUT2D eigenvalue weighted by Crippen LogP contribution is 2.26. The van der Waals surface area contributed by atoms with Crippen LogP contribution in [-0.4, -0.2) is 49.7 Å². The van der Waals surface area contributed by atoms with Crippen molar-refractivity contribution in [2.75, 3.05) is 26.2 Å². The fraction of sp³-hybridized carbons (Fsp3) is 0.562. The van der Waals surface area contributed by atoms with Crippen molar-refractivity contribution in [1.29, 1.82) is 0 Å². The first-order valence-corrected chi connectivity index (χ1v) is 9.82. The summed E-state index contributed by atoms with van der Waals surface area (Å²) in [6.45, 7) is 5.92. The van der Waals surface area contributed by atoms with Crippen LogP contribution in [0.25, 0.3) is 0 Å². The molecule has 0 aromatic heterocycles. The smallest absolute Gasteiger partial charge is 0.255 e. The Kier molecular flexibility index (Phi) is 6.06. The topological polar surface area (TPSA) is 57.7 Å². The molecule has 2 rings (SSSR count). The standard InChI is InChI=1S/C16H23ClN2O3S/c1-3-18(4-2)16(20)14-12-13(8-9-15(14)17)23(21,22)19-10-6-5-7-11-19/h8-9,12H,3-7,10-11H2,1-2H3. The minimum Gasteiger partial charge on any atom is -0.339 e. The van der Waals surface area contributed by atoms with Crippen molar-refractivity contribution in [3.05, 3.63) is 28.8 Å². The third-order valence-electron chi connectivity index (χ3n) is 4.17. The number of carbonyl (C=O) groups is 1. The van der Waals surface area contributed by atoms with E-state index < -0.39 is 10.0 Å². The van der Waals surface area contributed by atoms with Gasteiger partial charge in [-0.05, 0) is 44.9 Å². The summed E-state index contributed by atoms with van der Waals surface area (Å²) in [6.07, 6.45) is 2.80. The molecule has 7 heteroatoms. The van der Waals surface area contributed by atoms with Gasteiger partial charge in [-0.25, -0.2) is 8.42 Å². The van der Waals surface area contributed by atoms with Crippen LogP contribution in [0, 0.1) is 0 Å². The fourth-order valence-corrected chi connectivity index (χ4v) is 4.51. The number of rotatable bonds is 5. The van der Waals surface area contributed by atoms with Crippen LogP contribution in [0.2, 0.25) is 5.02 Å². The number of benzene rings is 1. The summed E-state index contributed by atoms with van der Waals surface area (Å²) in [7, 11) is -3.57. The van der Waals surface area contributed by atoms with Gasteiger partial charge in [0.1, 0.15) is 0 Å². The van der Waals surface area contributed by atoms with E-state index in [1.165, 1.54) is 22.5 Å². The van der Waals surface area contributed by atoms with E-state index in [9.17, 15) is 13.2 Å². The van der Waals surface area contributed by atoms with E-state index in [2.05, 4.69) is 0 Å². The van der Waals surface area contributed by atoms with Crippen molar-refractivity contribution >= 4 is 27.5 Å². The van der Waals surface area contributed by atoms with Gasteiger partial charge in [0.05, 0.1) is 15.5 Å². The van der Waals surface area contributed by atoms with Gasteiger partial charge in [0.25, 0.3) is 5.91 Å². The Morgan fingerprint density at radius 3 is 2.35 bits per heavy atom. The van der Waals surface area contributed by atoms with Gasteiger partial charge in [-0.3, -0.25) is 4.79 Å². The molecular weight excluding hydrogens is 336 g/mol. The predicted octanol–water partition coefficient (Wildman–Crippen LogP) is 3.00. The van der Waals surface area contributed by atoms with Crippen LogP contribution in [0.1, 0.15) is 43.5 Å². The summed E-state index contributed by atoms with van der Waals surface area (Å²) in [5.41, 5.74) is 0.244. The molecule has 1 aromatic carbocycles. The van der Waals surface area contributed by atoms with E-state index in [-0.39, 0.29) is 21.4 Å². The van der Waals surface area contributed by atoms with Gasteiger partial charge in [0.2, 0.25) is 10.0 Å². The molecular formula is C16H23ClN2O3S. The van der Waals surface area contributed by atoms with Crippen molar-refractivity contribution in [3.63, 3.8) is 0 Å². The molecule has 128 valence electrons. The van der Waals surface area contributed by atoms with Crippen LogP contribution >= 0.6 is 11.6 Å². The first-order chi connectivity index (χ1) is 10.9. The normalized spacial score (nSPS) is 16.3. The maximum Gasteiger partial charge on any atom is 0.255 e. The first-order valence-electron chi connectivity index (χ1n) is 8.00. The van der Waals surface area contributed by atoms with Gasteiger partial charge in [0.15, 0.2) is 0 Å². The molecule has 0 bridgehead atoms. The Labute approximate surface area is 143 Å². The second kappa shape index (κ2) is 7.64. The second-order valence-electron chi connectivity index (χ2n) is 5.58. The molecule has 5 nitrogen and oxygen atoms in total. The third-order valence-corrected chi connectivity index (χ3v) is 6.40. The lowest BCUT2D eigenvalue weighted by atomic mass is 10.2. The molecule has 0 N–H and O–H groups in total. The molecule has 0 spiro atoms. The zero-order valence-electron chi connectivity index (χ0n) is 13.6. The first kappa shape index (κ1) is 18.2. The number of sulfonamides is 1. The van der Waals surface area contributed by atoms with Crippen LogP contribution in [0.4, 0.5) is 0 Å².